The van der Waals surface area contributed by atoms with Gasteiger partial charge in [0.25, 0.3) is 6.43 Å². The predicted molar refractivity (Wildman–Crippen MR) is 47.8 cm³/mol. The average molecular weight is 306 g/mol. The minimum absolute atomic E-state index is 0.552. The van der Waals surface area contributed by atoms with E-state index in [-0.39, 0.29) is 0 Å². The van der Waals surface area contributed by atoms with Crippen LogP contribution in [-0.4, -0.2) is 10.1 Å². The maximum absolute atomic E-state index is 12.5. The number of aliphatic hydroxyl groups excluding tert-OH is 1. The zero-order chi connectivity index (χ0) is 12.5. The zero-order valence-corrected chi connectivity index (χ0v) is 9.11. The van der Waals surface area contributed by atoms with Crippen LogP contribution in [0.4, 0.5) is 22.0 Å². The van der Waals surface area contributed by atoms with Crippen molar-refractivity contribution in [3.63, 3.8) is 0 Å². The van der Waals surface area contributed by atoms with Crippen LogP contribution in [0.5, 0.6) is 0 Å². The van der Waals surface area contributed by atoms with Crippen LogP contribution in [-0.2, 0) is 12.8 Å². The zero-order valence-electron chi connectivity index (χ0n) is 7.52. The molecule has 1 aromatic heterocycles. The third kappa shape index (κ3) is 2.49. The van der Waals surface area contributed by atoms with Crippen LogP contribution in [0.15, 0.2) is 10.7 Å². The summed E-state index contributed by atoms with van der Waals surface area (Å²) in [5.41, 5.74) is -2.87. The van der Waals surface area contributed by atoms with E-state index in [0.29, 0.717) is 6.20 Å². The lowest BCUT2D eigenvalue weighted by Gasteiger charge is -2.15. The molecule has 2 nitrogen and oxygen atoms in total. The molecule has 1 rings (SSSR count). The minimum atomic E-state index is -4.83. The molecule has 0 saturated carbocycles. The molecule has 0 bridgehead atoms. The second-order valence-electron chi connectivity index (χ2n) is 2.81. The van der Waals surface area contributed by atoms with Crippen LogP contribution >= 0.6 is 15.9 Å². The van der Waals surface area contributed by atoms with Gasteiger partial charge in [-0.05, 0) is 15.9 Å². The predicted octanol–water partition coefficient (Wildman–Crippen LogP) is 3.29. The van der Waals surface area contributed by atoms with Crippen molar-refractivity contribution >= 4 is 15.9 Å². The van der Waals surface area contributed by atoms with Gasteiger partial charge in [0, 0.05) is 11.8 Å². The van der Waals surface area contributed by atoms with Gasteiger partial charge in [-0.3, -0.25) is 4.98 Å². The number of nitrogens with zero attached hydrogens (tertiary/aromatic N) is 1. The summed E-state index contributed by atoms with van der Waals surface area (Å²) < 4.78 is 61.4. The number of alkyl halides is 5. The van der Waals surface area contributed by atoms with Crippen LogP contribution in [0, 0.1) is 0 Å². The molecule has 0 aliphatic heterocycles. The highest BCUT2D eigenvalue weighted by molar-refractivity contribution is 9.10. The normalized spacial score (nSPS) is 12.2. The van der Waals surface area contributed by atoms with Gasteiger partial charge in [0.1, 0.15) is 5.69 Å². The summed E-state index contributed by atoms with van der Waals surface area (Å²) in [7, 11) is 0. The fraction of sp³-hybridized carbons (Fsp3) is 0.375. The third-order valence-corrected chi connectivity index (χ3v) is 2.59. The topological polar surface area (TPSA) is 33.1 Å². The molecular formula is C8H5BrF5NO. The van der Waals surface area contributed by atoms with Gasteiger partial charge in [0.05, 0.1) is 16.6 Å². The van der Waals surface area contributed by atoms with Crippen molar-refractivity contribution in [2.45, 2.75) is 19.2 Å². The van der Waals surface area contributed by atoms with Crippen LogP contribution in [0.2, 0.25) is 0 Å². The van der Waals surface area contributed by atoms with Crippen LogP contribution in [0.1, 0.15) is 23.2 Å². The highest BCUT2D eigenvalue weighted by Crippen LogP contribution is 2.40. The molecule has 0 aliphatic carbocycles. The number of aromatic nitrogens is 1. The second-order valence-corrected chi connectivity index (χ2v) is 3.61. The first kappa shape index (κ1) is 13.3. The molecule has 1 N–H and O–H groups in total. The van der Waals surface area contributed by atoms with Crippen molar-refractivity contribution in [2.24, 2.45) is 0 Å². The fourth-order valence-electron chi connectivity index (χ4n) is 1.12. The quantitative estimate of drug-likeness (QED) is 0.851. The van der Waals surface area contributed by atoms with Gasteiger partial charge in [-0.25, -0.2) is 8.78 Å². The van der Waals surface area contributed by atoms with Gasteiger partial charge in [0.2, 0.25) is 0 Å². The first-order chi connectivity index (χ1) is 7.29. The summed E-state index contributed by atoms with van der Waals surface area (Å²) in [6.07, 6.45) is -7.36. The Morgan fingerprint density at radius 3 is 2.31 bits per heavy atom. The third-order valence-electron chi connectivity index (χ3n) is 1.79. The highest BCUT2D eigenvalue weighted by atomic mass is 79.9. The first-order valence-corrected chi connectivity index (χ1v) is 4.71. The smallest absolute Gasteiger partial charge is 0.392 e. The van der Waals surface area contributed by atoms with Crippen molar-refractivity contribution in [2.75, 3.05) is 0 Å². The Morgan fingerprint density at radius 2 is 1.94 bits per heavy atom. The van der Waals surface area contributed by atoms with E-state index in [1.165, 1.54) is 0 Å². The fourth-order valence-corrected chi connectivity index (χ4v) is 1.87. The first-order valence-electron chi connectivity index (χ1n) is 3.92. The maximum Gasteiger partial charge on any atom is 0.417 e. The SMILES string of the molecule is OCc1cnc(C(F)F)c(Br)c1C(F)(F)F. The molecule has 0 aromatic carbocycles. The number of hydrogen-bond donors (Lipinski definition) is 1. The van der Waals surface area contributed by atoms with Crippen molar-refractivity contribution in [1.29, 1.82) is 0 Å². The molecule has 0 atom stereocenters. The summed E-state index contributed by atoms with van der Waals surface area (Å²) in [4.78, 5) is 3.17. The summed E-state index contributed by atoms with van der Waals surface area (Å²) in [6.45, 7) is -0.927. The van der Waals surface area contributed by atoms with Gasteiger partial charge < -0.3 is 5.11 Å². The molecule has 16 heavy (non-hydrogen) atoms. The molecule has 0 fully saturated rings. The molecule has 0 radical (unpaired) electrons. The summed E-state index contributed by atoms with van der Waals surface area (Å²) in [5.74, 6) is 0. The monoisotopic (exact) mass is 305 g/mol. The number of hydrogen-bond acceptors (Lipinski definition) is 2. The molecule has 1 aromatic rings. The van der Waals surface area contributed by atoms with Gasteiger partial charge in [-0.15, -0.1) is 0 Å². The van der Waals surface area contributed by atoms with Gasteiger partial charge >= 0.3 is 6.18 Å². The van der Waals surface area contributed by atoms with Crippen LogP contribution < -0.4 is 0 Å². The van der Waals surface area contributed by atoms with E-state index in [9.17, 15) is 22.0 Å². The van der Waals surface area contributed by atoms with E-state index in [4.69, 9.17) is 5.11 Å². The molecule has 8 heteroatoms. The minimum Gasteiger partial charge on any atom is -0.392 e. The van der Waals surface area contributed by atoms with Crippen LogP contribution in [0.25, 0.3) is 0 Å². The molecule has 0 spiro atoms. The molecule has 90 valence electrons. The molecule has 0 unspecified atom stereocenters. The van der Waals surface area contributed by atoms with E-state index in [2.05, 4.69) is 20.9 Å². The molecule has 0 saturated heterocycles. The van der Waals surface area contributed by atoms with E-state index < -0.39 is 40.5 Å². The van der Waals surface area contributed by atoms with E-state index >= 15 is 0 Å². The molecular weight excluding hydrogens is 301 g/mol. The van der Waals surface area contributed by atoms with Gasteiger partial charge in [-0.2, -0.15) is 13.2 Å². The van der Waals surface area contributed by atoms with Gasteiger partial charge in [-0.1, -0.05) is 0 Å². The Morgan fingerprint density at radius 1 is 1.38 bits per heavy atom. The van der Waals surface area contributed by atoms with Crippen molar-refractivity contribution in [3.05, 3.63) is 27.5 Å². The number of pyridine rings is 1. The Kier molecular flexibility index (Phi) is 3.84. The molecule has 0 amide bonds. The Bertz CT molecular complexity index is 393. The summed E-state index contributed by atoms with van der Waals surface area (Å²) >= 11 is 2.44. The second kappa shape index (κ2) is 4.62. The largest absolute Gasteiger partial charge is 0.417 e. The Balaban J connectivity index is 3.47. The lowest BCUT2D eigenvalue weighted by Crippen LogP contribution is -2.13. The van der Waals surface area contributed by atoms with E-state index in [0.717, 1.165) is 0 Å². The lowest BCUT2D eigenvalue weighted by atomic mass is 10.1. The maximum atomic E-state index is 12.5. The summed E-state index contributed by atoms with van der Waals surface area (Å²) in [5, 5.41) is 8.69. The molecule has 0 aliphatic rings. The van der Waals surface area contributed by atoms with E-state index in [1.54, 1.807) is 0 Å². The van der Waals surface area contributed by atoms with Crippen molar-refractivity contribution < 1.29 is 27.1 Å². The lowest BCUT2D eigenvalue weighted by molar-refractivity contribution is -0.139. The van der Waals surface area contributed by atoms with Crippen molar-refractivity contribution in [1.82, 2.24) is 4.98 Å². The summed E-state index contributed by atoms with van der Waals surface area (Å²) in [6, 6.07) is 0. The average Bonchev–Trinajstić information content (AvgIpc) is 2.14. The number of rotatable bonds is 2. The number of aliphatic hydroxyl groups is 1. The molecule has 1 heterocycles. The van der Waals surface area contributed by atoms with E-state index in [1.807, 2.05) is 0 Å². The highest BCUT2D eigenvalue weighted by Gasteiger charge is 2.38. The number of halogens is 6. The Hall–Kier alpha value is -0.760. The van der Waals surface area contributed by atoms with Crippen molar-refractivity contribution in [3.8, 4) is 0 Å². The standard InChI is InChI=1S/C8H5BrF5NO/c9-5-4(8(12,13)14)3(2-16)1-15-6(5)7(10)11/h1,7,16H,2H2. The Labute approximate surface area is 95.2 Å². The van der Waals surface area contributed by atoms with Crippen LogP contribution in [0.3, 0.4) is 0 Å². The van der Waals surface area contributed by atoms with Gasteiger partial charge in [0.15, 0.2) is 0 Å².